The van der Waals surface area contributed by atoms with Crippen molar-refractivity contribution >= 4 is 50.4 Å². The van der Waals surface area contributed by atoms with Gasteiger partial charge in [0.05, 0.1) is 28.7 Å². The highest BCUT2D eigenvalue weighted by molar-refractivity contribution is 6.15. The zero-order valence-electron chi connectivity index (χ0n) is 27.8. The van der Waals surface area contributed by atoms with Crippen molar-refractivity contribution in [3.05, 3.63) is 48.5 Å². The van der Waals surface area contributed by atoms with Gasteiger partial charge in [-0.1, -0.05) is 50.2 Å². The molecular formula is C37H44N4O7. The van der Waals surface area contributed by atoms with Gasteiger partial charge in [0.25, 0.3) is 0 Å². The van der Waals surface area contributed by atoms with Crippen LogP contribution >= 0.6 is 0 Å². The van der Waals surface area contributed by atoms with Crippen molar-refractivity contribution in [2.24, 2.45) is 23.7 Å². The summed E-state index contributed by atoms with van der Waals surface area (Å²) in [6.45, 7) is 7.31. The number of carbonyl (C=O) groups is 2. The number of para-hydroxylation sites is 2. The molecule has 254 valence electrons. The molecule has 0 radical (unpaired) electrons. The minimum atomic E-state index is -0.894. The average Bonchev–Trinajstić information content (AvgIpc) is 3.30. The molecule has 2 bridgehead atoms. The number of rotatable bonds is 9. The van der Waals surface area contributed by atoms with E-state index in [4.69, 9.17) is 29.0 Å². The van der Waals surface area contributed by atoms with Gasteiger partial charge in [-0.3, -0.25) is 9.59 Å². The number of hydrogen-bond donors (Lipinski definition) is 3. The quantitative estimate of drug-likeness (QED) is 0.108. The third-order valence-electron chi connectivity index (χ3n) is 11.2. The largest absolute Gasteiger partial charge is 0.435 e. The van der Waals surface area contributed by atoms with Crippen LogP contribution in [-0.2, 0) is 33.6 Å². The number of esters is 1. The van der Waals surface area contributed by atoms with Crippen LogP contribution in [0, 0.1) is 23.7 Å². The Bertz CT molecular complexity index is 1860. The molecule has 11 nitrogen and oxygen atoms in total. The number of amides is 1. The van der Waals surface area contributed by atoms with E-state index >= 15 is 0 Å². The molecule has 1 saturated carbocycles. The molecule has 1 amide bonds. The van der Waals surface area contributed by atoms with Crippen LogP contribution in [0.15, 0.2) is 48.5 Å². The van der Waals surface area contributed by atoms with Crippen LogP contribution in [0.2, 0.25) is 0 Å². The van der Waals surface area contributed by atoms with Gasteiger partial charge in [-0.05, 0) is 56.6 Å². The topological polar surface area (TPSA) is 133 Å². The summed E-state index contributed by atoms with van der Waals surface area (Å²) in [4.78, 5) is 46.1. The summed E-state index contributed by atoms with van der Waals surface area (Å²) in [6.07, 6.45) is 2.89. The summed E-state index contributed by atoms with van der Waals surface area (Å²) in [5.74, 6) is -0.910. The molecule has 5 fully saturated rings. The Labute approximate surface area is 279 Å². The molecule has 2 aromatic carbocycles. The van der Waals surface area contributed by atoms with E-state index in [2.05, 4.69) is 40.7 Å². The second-order valence-corrected chi connectivity index (χ2v) is 14.3. The van der Waals surface area contributed by atoms with E-state index in [1.165, 1.54) is 0 Å². The van der Waals surface area contributed by atoms with Crippen molar-refractivity contribution in [3.8, 4) is 0 Å². The lowest BCUT2D eigenvalue weighted by Gasteiger charge is -2.59. The number of aromatic amines is 1. The van der Waals surface area contributed by atoms with E-state index in [1.54, 1.807) is 0 Å². The number of carbonyl (C=O) groups excluding carboxylic acids is 2. The first-order chi connectivity index (χ1) is 23.3. The van der Waals surface area contributed by atoms with E-state index in [1.807, 2.05) is 44.2 Å². The summed E-state index contributed by atoms with van der Waals surface area (Å²) in [5.41, 5.74) is 4.15. The molecule has 8 atom stereocenters. The highest BCUT2D eigenvalue weighted by Crippen LogP contribution is 2.60. The molecule has 3 N–H and O–H groups in total. The maximum absolute atomic E-state index is 13.0. The minimum Gasteiger partial charge on any atom is -0.435 e. The van der Waals surface area contributed by atoms with Crippen molar-refractivity contribution in [2.45, 2.75) is 89.7 Å². The molecule has 2 aromatic heterocycles. The summed E-state index contributed by atoms with van der Waals surface area (Å²) in [5, 5.41) is 8.65. The van der Waals surface area contributed by atoms with Crippen LogP contribution < -0.4 is 10.6 Å². The third kappa shape index (κ3) is 5.31. The smallest absolute Gasteiger partial charge is 0.308 e. The Morgan fingerprint density at radius 2 is 1.79 bits per heavy atom. The second kappa shape index (κ2) is 12.3. The molecule has 48 heavy (non-hydrogen) atoms. The van der Waals surface area contributed by atoms with Crippen molar-refractivity contribution in [2.75, 3.05) is 18.4 Å². The molecule has 1 spiro atoms. The Morgan fingerprint density at radius 1 is 0.979 bits per heavy atom. The molecule has 1 aliphatic carbocycles. The number of fused-ring (bicyclic) bond motifs is 6. The fourth-order valence-electron chi connectivity index (χ4n) is 8.67. The van der Waals surface area contributed by atoms with E-state index in [0.717, 1.165) is 64.2 Å². The summed E-state index contributed by atoms with van der Waals surface area (Å²) in [7, 11) is 0. The first-order valence-corrected chi connectivity index (χ1v) is 17.4. The standard InChI is InChI=1S/C37H44N4O7/c1-21-13-14-26-22(2)34(45-35-37(26)25(21)17-18-36(3,46-35)47-48-37)44-30(43)16-15-29(42)38-19-8-20-39-31-23-9-4-6-11-27(23)40-32-24-10-5-7-12-28(24)41-33(31)32/h4-7,9-12,21-22,25-26,34-35,41H,8,13-20H2,1-3H3,(H,38,42)(H,39,40)/t21-,22-,25+,26+,34+,35-,36-,37-/m1/s1. The first-order valence-electron chi connectivity index (χ1n) is 17.4. The summed E-state index contributed by atoms with van der Waals surface area (Å²) < 4.78 is 18.5. The number of anilines is 1. The van der Waals surface area contributed by atoms with Gasteiger partial charge in [-0.25, -0.2) is 14.8 Å². The Hall–Kier alpha value is -3.77. The first kappa shape index (κ1) is 31.5. The van der Waals surface area contributed by atoms with Crippen LogP contribution in [-0.4, -0.2) is 58.9 Å². The SMILES string of the molecule is C[C@H]1[C@@H](OC(=O)CCC(=O)NCCCNc2c3ccccc3nc3c2[nH]c2ccccc23)O[C@@H]2O[C@@]3(C)CC[C@H]4[C@H](C)CC[C@@H]1[C@@]24OO3. The number of benzene rings is 2. The van der Waals surface area contributed by atoms with Crippen LogP contribution in [0.4, 0.5) is 5.69 Å². The number of nitrogens with one attached hydrogen (secondary N) is 3. The summed E-state index contributed by atoms with van der Waals surface area (Å²) >= 11 is 0. The van der Waals surface area contributed by atoms with E-state index in [0.29, 0.717) is 25.4 Å². The highest BCUT2D eigenvalue weighted by Gasteiger charge is 2.69. The molecule has 6 heterocycles. The number of pyridine rings is 1. The van der Waals surface area contributed by atoms with Gasteiger partial charge >= 0.3 is 5.97 Å². The fraction of sp³-hybridized carbons (Fsp3) is 0.541. The van der Waals surface area contributed by atoms with Crippen molar-refractivity contribution in [1.29, 1.82) is 0 Å². The molecule has 11 heteroatoms. The van der Waals surface area contributed by atoms with E-state index in [9.17, 15) is 9.59 Å². The van der Waals surface area contributed by atoms with Crippen molar-refractivity contribution in [3.63, 3.8) is 0 Å². The Morgan fingerprint density at radius 3 is 2.67 bits per heavy atom. The lowest BCUT2D eigenvalue weighted by atomic mass is 9.58. The monoisotopic (exact) mass is 656 g/mol. The van der Waals surface area contributed by atoms with E-state index < -0.39 is 29.9 Å². The predicted octanol–water partition coefficient (Wildman–Crippen LogP) is 6.32. The van der Waals surface area contributed by atoms with Crippen LogP contribution in [0.3, 0.4) is 0 Å². The minimum absolute atomic E-state index is 0.0314. The third-order valence-corrected chi connectivity index (χ3v) is 11.2. The van der Waals surface area contributed by atoms with Crippen molar-refractivity contribution in [1.82, 2.24) is 15.3 Å². The van der Waals surface area contributed by atoms with E-state index in [-0.39, 0.29) is 36.5 Å². The molecule has 4 aliphatic heterocycles. The molecule has 4 saturated heterocycles. The van der Waals surface area contributed by atoms with Gasteiger partial charge < -0.3 is 29.8 Å². The molecule has 0 unspecified atom stereocenters. The number of H-pyrrole nitrogens is 1. The van der Waals surface area contributed by atoms with Crippen LogP contribution in [0.25, 0.3) is 32.8 Å². The zero-order chi connectivity index (χ0) is 33.0. The maximum Gasteiger partial charge on any atom is 0.308 e. The Kier molecular flexibility index (Phi) is 8.06. The number of hydrogen-bond acceptors (Lipinski definition) is 9. The van der Waals surface area contributed by atoms with Crippen molar-refractivity contribution < 1.29 is 33.6 Å². The average molecular weight is 657 g/mol. The number of aromatic nitrogens is 2. The van der Waals surface area contributed by atoms with Gasteiger partial charge in [0.1, 0.15) is 0 Å². The van der Waals surface area contributed by atoms with Gasteiger partial charge in [-0.2, -0.15) is 0 Å². The number of ether oxygens (including phenoxy) is 3. The second-order valence-electron chi connectivity index (χ2n) is 14.3. The fourth-order valence-corrected chi connectivity index (χ4v) is 8.67. The van der Waals surface area contributed by atoms with Gasteiger partial charge in [0, 0.05) is 54.1 Å². The van der Waals surface area contributed by atoms with Gasteiger partial charge in [0.15, 0.2) is 11.9 Å². The Balaban J connectivity index is 0.835. The molecule has 5 aliphatic rings. The lowest BCUT2D eigenvalue weighted by Crippen LogP contribution is -2.70. The number of nitrogens with zero attached hydrogens (tertiary/aromatic N) is 1. The molecular weight excluding hydrogens is 612 g/mol. The van der Waals surface area contributed by atoms with Crippen LogP contribution in [0.1, 0.15) is 65.7 Å². The predicted molar refractivity (Wildman–Crippen MR) is 179 cm³/mol. The summed E-state index contributed by atoms with van der Waals surface area (Å²) in [6, 6.07) is 16.3. The van der Waals surface area contributed by atoms with Crippen LogP contribution in [0.5, 0.6) is 0 Å². The normalized spacial score (nSPS) is 32.6. The molecule has 9 rings (SSSR count). The lowest BCUT2D eigenvalue weighted by molar-refractivity contribution is -0.576. The maximum atomic E-state index is 13.0. The highest BCUT2D eigenvalue weighted by atomic mass is 17.3. The zero-order valence-corrected chi connectivity index (χ0v) is 27.8. The molecule has 4 aromatic rings. The van der Waals surface area contributed by atoms with Gasteiger partial charge in [-0.15, -0.1) is 0 Å². The van der Waals surface area contributed by atoms with Gasteiger partial charge in [0.2, 0.25) is 18.0 Å².